The van der Waals surface area contributed by atoms with Crippen molar-refractivity contribution in [1.82, 2.24) is 0 Å². The van der Waals surface area contributed by atoms with Crippen molar-refractivity contribution in [2.45, 2.75) is 4.90 Å². The number of hydrogen-bond acceptors (Lipinski definition) is 2. The fourth-order valence-electron chi connectivity index (χ4n) is 1.59. The molecule has 0 saturated carbocycles. The van der Waals surface area contributed by atoms with Crippen LogP contribution < -0.4 is 0 Å². The van der Waals surface area contributed by atoms with E-state index in [1.54, 1.807) is 11.8 Å². The fraction of sp³-hybridized carbons (Fsp3) is 0.0714. The van der Waals surface area contributed by atoms with E-state index in [1.165, 1.54) is 0 Å². The van der Waals surface area contributed by atoms with Gasteiger partial charge in [0.25, 0.3) is 0 Å². The Balaban J connectivity index is 2.45. The number of rotatable bonds is 3. The van der Waals surface area contributed by atoms with Gasteiger partial charge in [-0.25, -0.2) is 0 Å². The van der Waals surface area contributed by atoms with E-state index in [-0.39, 0.29) is 5.78 Å². The van der Waals surface area contributed by atoms with E-state index in [1.807, 2.05) is 54.8 Å². The van der Waals surface area contributed by atoms with E-state index in [4.69, 9.17) is 0 Å². The van der Waals surface area contributed by atoms with Crippen molar-refractivity contribution in [2.75, 3.05) is 6.26 Å². The molecule has 0 unspecified atom stereocenters. The van der Waals surface area contributed by atoms with E-state index in [0.717, 1.165) is 19.6 Å². The maximum absolute atomic E-state index is 12.3. The Morgan fingerprint density at radius 2 is 1.76 bits per heavy atom. The molecule has 0 aliphatic rings. The Labute approximate surface area is 119 Å². The number of thioether (sulfide) groups is 1. The lowest BCUT2D eigenvalue weighted by atomic mass is 10.0. The van der Waals surface area contributed by atoms with Crippen LogP contribution in [0.5, 0.6) is 0 Å². The molecule has 0 atom stereocenters. The number of ketones is 1. The molecule has 0 bridgehead atoms. The Kier molecular flexibility index (Phi) is 4.23. The predicted octanol–water partition coefficient (Wildman–Crippen LogP) is 4.24. The smallest absolute Gasteiger partial charge is 0.194 e. The summed E-state index contributed by atoms with van der Waals surface area (Å²) in [5.74, 6) is 0.0888. The third-order valence-electron chi connectivity index (χ3n) is 2.46. The Hall–Kier alpha value is -0.810. The Morgan fingerprint density at radius 3 is 2.41 bits per heavy atom. The van der Waals surface area contributed by atoms with Crippen LogP contribution in [-0.4, -0.2) is 12.0 Å². The van der Waals surface area contributed by atoms with Gasteiger partial charge in [-0.3, -0.25) is 4.79 Å². The lowest BCUT2D eigenvalue weighted by molar-refractivity contribution is 0.103. The first kappa shape index (κ1) is 12.6. The molecule has 0 radical (unpaired) electrons. The van der Waals surface area contributed by atoms with Gasteiger partial charge in [-0.15, -0.1) is 11.8 Å². The van der Waals surface area contributed by atoms with Gasteiger partial charge in [0.15, 0.2) is 5.78 Å². The van der Waals surface area contributed by atoms with Gasteiger partial charge in [0.2, 0.25) is 0 Å². The lowest BCUT2D eigenvalue weighted by Gasteiger charge is -2.07. The van der Waals surface area contributed by atoms with Crippen molar-refractivity contribution in [3.05, 3.63) is 63.2 Å². The monoisotopic (exact) mass is 354 g/mol. The molecule has 0 heterocycles. The molecule has 0 fully saturated rings. The minimum absolute atomic E-state index is 0.0888. The van der Waals surface area contributed by atoms with Gasteiger partial charge in [0, 0.05) is 19.6 Å². The average molecular weight is 354 g/mol. The van der Waals surface area contributed by atoms with Crippen LogP contribution in [0.2, 0.25) is 0 Å². The van der Waals surface area contributed by atoms with E-state index in [9.17, 15) is 4.79 Å². The maximum Gasteiger partial charge on any atom is 0.194 e. The maximum atomic E-state index is 12.3. The number of hydrogen-bond donors (Lipinski definition) is 0. The van der Waals surface area contributed by atoms with Crippen molar-refractivity contribution in [3.8, 4) is 0 Å². The zero-order valence-electron chi connectivity index (χ0n) is 9.31. The van der Waals surface area contributed by atoms with Crippen molar-refractivity contribution >= 4 is 40.1 Å². The third-order valence-corrected chi connectivity index (χ3v) is 4.77. The van der Waals surface area contributed by atoms with Crippen molar-refractivity contribution in [1.29, 1.82) is 0 Å². The number of halogens is 1. The molecule has 2 aromatic rings. The van der Waals surface area contributed by atoms with Gasteiger partial charge in [-0.2, -0.15) is 0 Å². The molecule has 0 amide bonds. The topological polar surface area (TPSA) is 17.1 Å². The predicted molar refractivity (Wildman–Crippen MR) is 80.8 cm³/mol. The van der Waals surface area contributed by atoms with E-state index < -0.39 is 0 Å². The molecule has 17 heavy (non-hydrogen) atoms. The Morgan fingerprint density at radius 1 is 1.06 bits per heavy atom. The molecule has 0 saturated heterocycles. The average Bonchev–Trinajstić information content (AvgIpc) is 2.39. The second-order valence-corrected chi connectivity index (χ2v) is 5.44. The minimum Gasteiger partial charge on any atom is -0.289 e. The van der Waals surface area contributed by atoms with Crippen LogP contribution in [0.25, 0.3) is 0 Å². The van der Waals surface area contributed by atoms with Crippen LogP contribution in [0.4, 0.5) is 0 Å². The molecular formula is C14H11IOS. The third kappa shape index (κ3) is 2.72. The molecule has 1 nitrogen and oxygen atoms in total. The van der Waals surface area contributed by atoms with Gasteiger partial charge in [0.05, 0.1) is 0 Å². The van der Waals surface area contributed by atoms with Crippen LogP contribution in [0, 0.1) is 3.57 Å². The van der Waals surface area contributed by atoms with Crippen molar-refractivity contribution < 1.29 is 4.79 Å². The van der Waals surface area contributed by atoms with E-state index in [2.05, 4.69) is 22.6 Å². The highest BCUT2D eigenvalue weighted by Crippen LogP contribution is 2.26. The first-order valence-electron chi connectivity index (χ1n) is 5.16. The van der Waals surface area contributed by atoms with Crippen LogP contribution in [0.15, 0.2) is 53.4 Å². The van der Waals surface area contributed by atoms with Crippen LogP contribution in [0.1, 0.15) is 15.9 Å². The van der Waals surface area contributed by atoms with Crippen molar-refractivity contribution in [3.63, 3.8) is 0 Å². The summed E-state index contributed by atoms with van der Waals surface area (Å²) >= 11 is 3.90. The Bertz CT molecular complexity index is 537. The molecule has 0 N–H and O–H groups in total. The summed E-state index contributed by atoms with van der Waals surface area (Å²) in [6.07, 6.45) is 2.02. The molecule has 0 aliphatic heterocycles. The molecule has 2 aromatic carbocycles. The molecule has 0 aromatic heterocycles. The fourth-order valence-corrected chi connectivity index (χ4v) is 3.36. The van der Waals surface area contributed by atoms with Gasteiger partial charge < -0.3 is 0 Å². The summed E-state index contributed by atoms with van der Waals surface area (Å²) in [5.41, 5.74) is 1.52. The largest absolute Gasteiger partial charge is 0.289 e. The van der Waals surface area contributed by atoms with E-state index in [0.29, 0.717) is 0 Å². The lowest BCUT2D eigenvalue weighted by Crippen LogP contribution is -2.04. The molecule has 86 valence electrons. The molecule has 2 rings (SSSR count). The number of carbonyl (C=O) groups excluding carboxylic acids is 1. The van der Waals surface area contributed by atoms with E-state index >= 15 is 0 Å². The number of carbonyl (C=O) groups is 1. The highest BCUT2D eigenvalue weighted by Gasteiger charge is 2.13. The highest BCUT2D eigenvalue weighted by atomic mass is 127. The van der Waals surface area contributed by atoms with Crippen molar-refractivity contribution in [2.24, 2.45) is 0 Å². The zero-order valence-corrected chi connectivity index (χ0v) is 12.3. The standard InChI is InChI=1S/C14H11IOS/c1-17-12-9-5-8-11(13(12)15)14(16)10-6-3-2-4-7-10/h2-9H,1H3. The van der Waals surface area contributed by atoms with Gasteiger partial charge >= 0.3 is 0 Å². The summed E-state index contributed by atoms with van der Waals surface area (Å²) in [6.45, 7) is 0. The first-order valence-corrected chi connectivity index (χ1v) is 7.46. The van der Waals surface area contributed by atoms with Crippen LogP contribution in [-0.2, 0) is 0 Å². The normalized spacial score (nSPS) is 10.2. The summed E-state index contributed by atoms with van der Waals surface area (Å²) in [4.78, 5) is 13.5. The van der Waals surface area contributed by atoms with Gasteiger partial charge in [-0.05, 0) is 41.0 Å². The second kappa shape index (κ2) is 5.69. The molecule has 0 aliphatic carbocycles. The minimum atomic E-state index is 0.0888. The summed E-state index contributed by atoms with van der Waals surface area (Å²) < 4.78 is 1.03. The number of benzene rings is 2. The zero-order chi connectivity index (χ0) is 12.3. The molecule has 3 heteroatoms. The molecular weight excluding hydrogens is 343 g/mol. The van der Waals surface area contributed by atoms with Crippen LogP contribution in [0.3, 0.4) is 0 Å². The van der Waals surface area contributed by atoms with Crippen LogP contribution >= 0.6 is 34.4 Å². The quantitative estimate of drug-likeness (QED) is 0.466. The highest BCUT2D eigenvalue weighted by molar-refractivity contribution is 14.1. The van der Waals surface area contributed by atoms with Gasteiger partial charge in [0.1, 0.15) is 0 Å². The SMILES string of the molecule is CSc1cccc(C(=O)c2ccccc2)c1I. The first-order chi connectivity index (χ1) is 8.24. The summed E-state index contributed by atoms with van der Waals surface area (Å²) in [5, 5.41) is 0. The molecule has 0 spiro atoms. The summed E-state index contributed by atoms with van der Waals surface area (Å²) in [6, 6.07) is 15.3. The van der Waals surface area contributed by atoms with Gasteiger partial charge in [-0.1, -0.05) is 36.4 Å². The summed E-state index contributed by atoms with van der Waals surface area (Å²) in [7, 11) is 0. The second-order valence-electron chi connectivity index (χ2n) is 3.52.